The Balaban J connectivity index is 1.70. The van der Waals surface area contributed by atoms with E-state index in [2.05, 4.69) is 21.2 Å². The van der Waals surface area contributed by atoms with Gasteiger partial charge < -0.3 is 15.8 Å². The van der Waals surface area contributed by atoms with Gasteiger partial charge in [-0.25, -0.2) is 0 Å². The van der Waals surface area contributed by atoms with E-state index in [-0.39, 0.29) is 5.91 Å². The van der Waals surface area contributed by atoms with Gasteiger partial charge in [0.05, 0.1) is 13.0 Å². The lowest BCUT2D eigenvalue weighted by Gasteiger charge is -2.08. The van der Waals surface area contributed by atoms with Crippen LogP contribution in [-0.2, 0) is 11.3 Å². The maximum absolute atomic E-state index is 11.7. The van der Waals surface area contributed by atoms with Crippen molar-refractivity contribution in [3.05, 3.63) is 58.6 Å². The van der Waals surface area contributed by atoms with Crippen LogP contribution in [0.4, 0.5) is 5.69 Å². The van der Waals surface area contributed by atoms with Crippen LogP contribution < -0.4 is 15.8 Å². The van der Waals surface area contributed by atoms with Crippen LogP contribution in [0.3, 0.4) is 0 Å². The zero-order valence-corrected chi connectivity index (χ0v) is 13.1. The predicted octanol–water partition coefficient (Wildman–Crippen LogP) is 3.12. The van der Waals surface area contributed by atoms with Gasteiger partial charge in [0.15, 0.2) is 0 Å². The molecule has 110 valence electrons. The van der Waals surface area contributed by atoms with Crippen LogP contribution in [0.2, 0.25) is 0 Å². The number of carbonyl (C=O) groups is 1. The molecule has 0 aliphatic heterocycles. The van der Waals surface area contributed by atoms with Crippen LogP contribution in [0.15, 0.2) is 53.0 Å². The van der Waals surface area contributed by atoms with Gasteiger partial charge in [-0.05, 0) is 29.8 Å². The molecule has 2 aromatic rings. The summed E-state index contributed by atoms with van der Waals surface area (Å²) < 4.78 is 6.48. The first-order valence-electron chi connectivity index (χ1n) is 6.63. The van der Waals surface area contributed by atoms with E-state index in [0.29, 0.717) is 31.0 Å². The summed E-state index contributed by atoms with van der Waals surface area (Å²) in [6, 6.07) is 15.0. The van der Waals surface area contributed by atoms with Crippen LogP contribution >= 0.6 is 15.9 Å². The van der Waals surface area contributed by atoms with Gasteiger partial charge in [-0.2, -0.15) is 0 Å². The lowest BCUT2D eigenvalue weighted by atomic mass is 10.2. The quantitative estimate of drug-likeness (QED) is 0.788. The molecule has 0 unspecified atom stereocenters. The van der Waals surface area contributed by atoms with Gasteiger partial charge in [0, 0.05) is 22.8 Å². The average Bonchev–Trinajstić information content (AvgIpc) is 2.45. The van der Waals surface area contributed by atoms with E-state index in [9.17, 15) is 4.79 Å². The summed E-state index contributed by atoms with van der Waals surface area (Å²) in [4.78, 5) is 11.7. The molecule has 21 heavy (non-hydrogen) atoms. The summed E-state index contributed by atoms with van der Waals surface area (Å²) in [5, 5.41) is 2.86. The van der Waals surface area contributed by atoms with Crippen molar-refractivity contribution in [3.8, 4) is 5.75 Å². The number of anilines is 1. The van der Waals surface area contributed by atoms with Gasteiger partial charge in [0.25, 0.3) is 0 Å². The fraction of sp³-hybridized carbons (Fsp3) is 0.188. The second-order valence-electron chi connectivity index (χ2n) is 4.58. The molecule has 1 amide bonds. The molecule has 5 heteroatoms. The molecular formula is C16H17BrN2O2. The topological polar surface area (TPSA) is 64.3 Å². The number of nitrogens with one attached hydrogen (secondary N) is 1. The van der Waals surface area contributed by atoms with Gasteiger partial charge in [-0.15, -0.1) is 0 Å². The zero-order chi connectivity index (χ0) is 15.1. The Bertz CT molecular complexity index is 617. The minimum Gasteiger partial charge on any atom is -0.493 e. The maximum atomic E-state index is 11.7. The summed E-state index contributed by atoms with van der Waals surface area (Å²) in [7, 11) is 0. The van der Waals surface area contributed by atoms with Crippen molar-refractivity contribution in [1.82, 2.24) is 5.32 Å². The number of ether oxygens (including phenoxy) is 1. The summed E-state index contributed by atoms with van der Waals surface area (Å²) in [5.74, 6) is 0.633. The number of hydrogen-bond donors (Lipinski definition) is 2. The van der Waals surface area contributed by atoms with E-state index in [4.69, 9.17) is 10.5 Å². The molecule has 0 aromatic heterocycles. The first-order chi connectivity index (χ1) is 10.1. The highest BCUT2D eigenvalue weighted by Crippen LogP contribution is 2.14. The molecule has 0 bridgehead atoms. The lowest BCUT2D eigenvalue weighted by molar-refractivity contribution is -0.121. The van der Waals surface area contributed by atoms with Crippen molar-refractivity contribution >= 4 is 27.5 Å². The number of rotatable bonds is 6. The first-order valence-corrected chi connectivity index (χ1v) is 7.42. The number of nitrogens with two attached hydrogens (primary N) is 1. The number of nitrogen functional groups attached to an aromatic ring is 1. The van der Waals surface area contributed by atoms with Gasteiger partial charge in [0.1, 0.15) is 5.75 Å². The molecule has 0 fully saturated rings. The van der Waals surface area contributed by atoms with Gasteiger partial charge in [0.2, 0.25) is 5.91 Å². The fourth-order valence-corrected chi connectivity index (χ4v) is 2.25. The summed E-state index contributed by atoms with van der Waals surface area (Å²) >= 11 is 3.40. The first kappa shape index (κ1) is 15.4. The molecule has 2 rings (SSSR count). The molecule has 0 saturated carbocycles. The van der Waals surface area contributed by atoms with Gasteiger partial charge in [-0.1, -0.05) is 34.1 Å². The molecule has 4 nitrogen and oxygen atoms in total. The van der Waals surface area contributed by atoms with Crippen LogP contribution in [0, 0.1) is 0 Å². The minimum absolute atomic E-state index is 0.0427. The van der Waals surface area contributed by atoms with Crippen molar-refractivity contribution in [1.29, 1.82) is 0 Å². The third-order valence-corrected chi connectivity index (χ3v) is 3.33. The van der Waals surface area contributed by atoms with E-state index in [0.717, 1.165) is 10.0 Å². The smallest absolute Gasteiger partial charge is 0.223 e. The Kier molecular flexibility index (Phi) is 5.63. The van der Waals surface area contributed by atoms with Crippen LogP contribution in [0.5, 0.6) is 5.75 Å². The van der Waals surface area contributed by atoms with Crippen LogP contribution in [0.1, 0.15) is 12.0 Å². The highest BCUT2D eigenvalue weighted by atomic mass is 79.9. The number of halogens is 1. The molecule has 0 heterocycles. The average molecular weight is 349 g/mol. The Morgan fingerprint density at radius 2 is 2.00 bits per heavy atom. The summed E-state index contributed by atoms with van der Waals surface area (Å²) in [6.45, 7) is 0.838. The van der Waals surface area contributed by atoms with Crippen molar-refractivity contribution in [2.45, 2.75) is 13.0 Å². The summed E-state index contributed by atoms with van der Waals surface area (Å²) in [6.07, 6.45) is 0.308. The monoisotopic (exact) mass is 348 g/mol. The zero-order valence-electron chi connectivity index (χ0n) is 11.5. The molecule has 3 N–H and O–H groups in total. The number of hydrogen-bond acceptors (Lipinski definition) is 3. The number of amides is 1. The van der Waals surface area contributed by atoms with E-state index in [1.54, 1.807) is 12.1 Å². The number of benzene rings is 2. The third kappa shape index (κ3) is 5.47. The van der Waals surface area contributed by atoms with Crippen molar-refractivity contribution in [3.63, 3.8) is 0 Å². The fourth-order valence-electron chi connectivity index (χ4n) is 1.80. The van der Waals surface area contributed by atoms with Crippen LogP contribution in [-0.4, -0.2) is 12.5 Å². The Morgan fingerprint density at radius 1 is 1.19 bits per heavy atom. The van der Waals surface area contributed by atoms with Crippen molar-refractivity contribution in [2.75, 3.05) is 12.3 Å². The minimum atomic E-state index is -0.0427. The second kappa shape index (κ2) is 7.69. The Labute approximate surface area is 132 Å². The molecule has 0 spiro atoms. The molecule has 0 aliphatic rings. The van der Waals surface area contributed by atoms with Crippen LogP contribution in [0.25, 0.3) is 0 Å². The largest absolute Gasteiger partial charge is 0.493 e. The van der Waals surface area contributed by atoms with E-state index >= 15 is 0 Å². The van der Waals surface area contributed by atoms with Gasteiger partial charge >= 0.3 is 0 Å². The second-order valence-corrected chi connectivity index (χ2v) is 5.49. The third-order valence-electron chi connectivity index (χ3n) is 2.83. The van der Waals surface area contributed by atoms with Crippen molar-refractivity contribution in [2.24, 2.45) is 0 Å². The number of carbonyl (C=O) groups excluding carboxylic acids is 1. The highest BCUT2D eigenvalue weighted by molar-refractivity contribution is 9.10. The normalized spacial score (nSPS) is 10.1. The van der Waals surface area contributed by atoms with E-state index in [1.807, 2.05) is 36.4 Å². The molecule has 2 aromatic carbocycles. The molecular weight excluding hydrogens is 332 g/mol. The van der Waals surface area contributed by atoms with E-state index in [1.165, 1.54) is 0 Å². The Hall–Kier alpha value is -2.01. The standard InChI is InChI=1S/C16H17BrN2O2/c17-13-4-1-3-12(9-13)11-19-16(20)7-8-21-15-6-2-5-14(18)10-15/h1-6,9-10H,7-8,11,18H2,(H,19,20). The Morgan fingerprint density at radius 3 is 2.76 bits per heavy atom. The lowest BCUT2D eigenvalue weighted by Crippen LogP contribution is -2.24. The van der Waals surface area contributed by atoms with Crippen molar-refractivity contribution < 1.29 is 9.53 Å². The summed E-state index contributed by atoms with van der Waals surface area (Å²) in [5.41, 5.74) is 7.35. The molecule has 0 atom stereocenters. The molecule has 0 aliphatic carbocycles. The highest BCUT2D eigenvalue weighted by Gasteiger charge is 2.03. The van der Waals surface area contributed by atoms with Gasteiger partial charge in [-0.3, -0.25) is 4.79 Å². The molecule has 0 saturated heterocycles. The SMILES string of the molecule is Nc1cccc(OCCC(=O)NCc2cccc(Br)c2)c1. The predicted molar refractivity (Wildman–Crippen MR) is 87.0 cm³/mol. The maximum Gasteiger partial charge on any atom is 0.223 e. The van der Waals surface area contributed by atoms with E-state index < -0.39 is 0 Å². The molecule has 0 radical (unpaired) electrons.